The zero-order chi connectivity index (χ0) is 23.8. The number of aryl methyl sites for hydroxylation is 1. The van der Waals surface area contributed by atoms with Crippen molar-refractivity contribution >= 4 is 22.4 Å². The number of fused-ring (bicyclic) bond motifs is 1. The molecule has 174 valence electrons. The second kappa shape index (κ2) is 8.95. The maximum atomic E-state index is 14.9. The lowest BCUT2D eigenvalue weighted by Gasteiger charge is -2.21. The Morgan fingerprint density at radius 3 is 2.82 bits per heavy atom. The molecule has 0 amide bonds. The fraction of sp³-hybridized carbons (Fsp3) is 0.348. The highest BCUT2D eigenvalue weighted by Crippen LogP contribution is 2.34. The summed E-state index contributed by atoms with van der Waals surface area (Å²) >= 11 is 0. The first kappa shape index (κ1) is 22.9. The van der Waals surface area contributed by atoms with E-state index >= 15 is 0 Å². The van der Waals surface area contributed by atoms with Crippen LogP contribution in [0.25, 0.3) is 16.6 Å². The van der Waals surface area contributed by atoms with Crippen molar-refractivity contribution in [3.63, 3.8) is 0 Å². The summed E-state index contributed by atoms with van der Waals surface area (Å²) in [7, 11) is 0. The van der Waals surface area contributed by atoms with Crippen LogP contribution in [-0.4, -0.2) is 39.9 Å². The quantitative estimate of drug-likeness (QED) is 0.517. The average Bonchev–Trinajstić information content (AvgIpc) is 2.79. The van der Waals surface area contributed by atoms with Crippen LogP contribution in [0.4, 0.5) is 19.0 Å². The summed E-state index contributed by atoms with van der Waals surface area (Å²) in [5.74, 6) is -4.11. The molecule has 3 aromatic rings. The maximum absolute atomic E-state index is 14.9. The number of alkyl halides is 2. The Morgan fingerprint density at radius 1 is 1.33 bits per heavy atom. The zero-order valence-corrected chi connectivity index (χ0v) is 18.1. The topological polar surface area (TPSA) is 100 Å². The van der Waals surface area contributed by atoms with Crippen LogP contribution >= 0.6 is 0 Å². The number of hydrogen-bond donors (Lipinski definition) is 3. The third kappa shape index (κ3) is 4.49. The number of rotatable bonds is 6. The van der Waals surface area contributed by atoms with E-state index in [2.05, 4.69) is 20.3 Å². The molecule has 0 spiro atoms. The largest absolute Gasteiger partial charge is 0.390 e. The molecule has 0 aliphatic carbocycles. The number of H-pyrrole nitrogens is 1. The first-order valence-electron chi connectivity index (χ1n) is 10.4. The van der Waals surface area contributed by atoms with Gasteiger partial charge < -0.3 is 20.1 Å². The molecule has 1 aliphatic rings. The molecular weight excluding hydrogens is 437 g/mol. The van der Waals surface area contributed by atoms with Gasteiger partial charge in [0.1, 0.15) is 29.7 Å². The number of nitrogens with one attached hydrogen (secondary N) is 2. The second-order valence-electron chi connectivity index (χ2n) is 7.89. The van der Waals surface area contributed by atoms with Crippen molar-refractivity contribution in [2.45, 2.75) is 32.2 Å². The minimum atomic E-state index is -3.70. The van der Waals surface area contributed by atoms with Gasteiger partial charge in [0.15, 0.2) is 0 Å². The lowest BCUT2D eigenvalue weighted by Crippen LogP contribution is -2.22. The second-order valence-corrected chi connectivity index (χ2v) is 7.89. The zero-order valence-electron chi connectivity index (χ0n) is 18.1. The molecular formula is C23H23F3N4O3. The van der Waals surface area contributed by atoms with Crippen molar-refractivity contribution in [3.05, 3.63) is 69.0 Å². The number of nitrogens with zero attached hydrogens (tertiary/aromatic N) is 2. The molecule has 4 rings (SSSR count). The Morgan fingerprint density at radius 2 is 2.12 bits per heavy atom. The monoisotopic (exact) mass is 460 g/mol. The van der Waals surface area contributed by atoms with E-state index in [1.807, 2.05) is 6.08 Å². The lowest BCUT2D eigenvalue weighted by atomic mass is 10.00. The molecule has 0 radical (unpaired) electrons. The van der Waals surface area contributed by atoms with Crippen LogP contribution in [0.3, 0.4) is 0 Å². The number of anilines is 1. The number of hydrogen-bond acceptors (Lipinski definition) is 6. The third-order valence-corrected chi connectivity index (χ3v) is 5.57. The molecule has 10 heteroatoms. The fourth-order valence-corrected chi connectivity index (χ4v) is 3.85. The first-order chi connectivity index (χ1) is 15.7. The van der Waals surface area contributed by atoms with E-state index in [0.717, 1.165) is 11.6 Å². The highest BCUT2D eigenvalue weighted by atomic mass is 19.3. The van der Waals surface area contributed by atoms with Crippen LogP contribution in [0, 0.1) is 12.7 Å². The minimum absolute atomic E-state index is 0.0122. The van der Waals surface area contributed by atoms with Crippen molar-refractivity contribution in [1.29, 1.82) is 0 Å². The smallest absolute Gasteiger partial charge is 0.298 e. The Kier molecular flexibility index (Phi) is 6.22. The number of ether oxygens (including phenoxy) is 1. The van der Waals surface area contributed by atoms with Gasteiger partial charge in [0.05, 0.1) is 30.2 Å². The number of benzene rings is 1. The van der Waals surface area contributed by atoms with Crippen molar-refractivity contribution in [2.75, 3.05) is 25.1 Å². The van der Waals surface area contributed by atoms with Crippen molar-refractivity contribution < 1.29 is 23.0 Å². The number of aliphatic hydroxyl groups is 1. The third-order valence-electron chi connectivity index (χ3n) is 5.57. The van der Waals surface area contributed by atoms with Gasteiger partial charge >= 0.3 is 0 Å². The summed E-state index contributed by atoms with van der Waals surface area (Å²) in [6, 6.07) is 4.57. The van der Waals surface area contributed by atoms with Gasteiger partial charge in [-0.3, -0.25) is 4.79 Å². The summed E-state index contributed by atoms with van der Waals surface area (Å²) in [4.78, 5) is 24.1. The number of aliphatic hydroxyl groups excluding tert-OH is 1. The first-order valence-corrected chi connectivity index (χ1v) is 10.4. The molecule has 0 unspecified atom stereocenters. The molecule has 33 heavy (non-hydrogen) atoms. The summed E-state index contributed by atoms with van der Waals surface area (Å²) in [6.45, 7) is 2.67. The molecule has 3 N–H and O–H groups in total. The molecule has 0 fully saturated rings. The van der Waals surface area contributed by atoms with Gasteiger partial charge in [0.2, 0.25) is 0 Å². The summed E-state index contributed by atoms with van der Waals surface area (Å²) in [6.07, 6.45) is 2.42. The Balaban J connectivity index is 1.77. The van der Waals surface area contributed by atoms with E-state index in [-0.39, 0.29) is 11.1 Å². The molecule has 1 atom stereocenters. The van der Waals surface area contributed by atoms with Crippen LogP contribution < -0.4 is 10.9 Å². The fourth-order valence-electron chi connectivity index (χ4n) is 3.85. The highest BCUT2D eigenvalue weighted by Gasteiger charge is 2.35. The minimum Gasteiger partial charge on any atom is -0.390 e. The molecule has 2 aromatic heterocycles. The Hall–Kier alpha value is -3.24. The van der Waals surface area contributed by atoms with Gasteiger partial charge in [-0.1, -0.05) is 18.2 Å². The number of pyridine rings is 1. The van der Waals surface area contributed by atoms with Gasteiger partial charge in [-0.05, 0) is 38.0 Å². The summed E-state index contributed by atoms with van der Waals surface area (Å²) in [5.41, 5.74) is 0.427. The summed E-state index contributed by atoms with van der Waals surface area (Å²) in [5, 5.41) is 12.5. The van der Waals surface area contributed by atoms with E-state index in [9.17, 15) is 18.0 Å². The van der Waals surface area contributed by atoms with E-state index in [0.29, 0.717) is 47.9 Å². The van der Waals surface area contributed by atoms with Crippen molar-refractivity contribution in [3.8, 4) is 0 Å². The SMILES string of the molecule is Cc1nc(N[C@H](C)c2cccc(C(F)(F)CO)c2F)c2cc(C3=CCOCC3)c(=O)[nH]c2n1. The van der Waals surface area contributed by atoms with Gasteiger partial charge in [-0.25, -0.2) is 14.4 Å². The standard InChI is InChI=1S/C23H23F3N4O3/c1-12(15-4-3-5-18(19(15)24)23(25,26)11-31)27-20-17-10-16(14-6-8-33-9-7-14)22(32)30-21(17)29-13(2)28-20/h3-6,10,12,31H,7-9,11H2,1-2H3,(H2,27,28,29,30,32)/t12-/m1/s1. The Bertz CT molecular complexity index is 1290. The van der Waals surface area contributed by atoms with Crippen LogP contribution in [0.5, 0.6) is 0 Å². The molecule has 3 heterocycles. The van der Waals surface area contributed by atoms with Crippen LogP contribution in [0.2, 0.25) is 0 Å². The van der Waals surface area contributed by atoms with Crippen molar-refractivity contribution in [1.82, 2.24) is 15.0 Å². The molecule has 0 saturated heterocycles. The number of aromatic amines is 1. The predicted octanol–water partition coefficient (Wildman–Crippen LogP) is 3.83. The normalized spacial score (nSPS) is 15.4. The van der Waals surface area contributed by atoms with Gasteiger partial charge in [0.25, 0.3) is 11.5 Å². The van der Waals surface area contributed by atoms with E-state index in [1.54, 1.807) is 19.9 Å². The Labute approximate surface area is 187 Å². The van der Waals surface area contributed by atoms with E-state index in [4.69, 9.17) is 9.84 Å². The maximum Gasteiger partial charge on any atom is 0.298 e. The van der Waals surface area contributed by atoms with Crippen LogP contribution in [0.15, 0.2) is 35.1 Å². The van der Waals surface area contributed by atoms with Crippen molar-refractivity contribution in [2.24, 2.45) is 0 Å². The van der Waals surface area contributed by atoms with Crippen LogP contribution in [0.1, 0.15) is 41.9 Å². The molecule has 7 nitrogen and oxygen atoms in total. The van der Waals surface area contributed by atoms with Gasteiger partial charge in [-0.2, -0.15) is 8.78 Å². The van der Waals surface area contributed by atoms with E-state index < -0.39 is 30.0 Å². The predicted molar refractivity (Wildman–Crippen MR) is 118 cm³/mol. The summed E-state index contributed by atoms with van der Waals surface area (Å²) < 4.78 is 48.2. The molecule has 1 aliphatic heterocycles. The molecule has 0 saturated carbocycles. The van der Waals surface area contributed by atoms with E-state index in [1.165, 1.54) is 12.1 Å². The highest BCUT2D eigenvalue weighted by molar-refractivity contribution is 5.89. The van der Waals surface area contributed by atoms with Crippen LogP contribution in [-0.2, 0) is 10.7 Å². The number of halogens is 3. The van der Waals surface area contributed by atoms with Gasteiger partial charge in [0, 0.05) is 11.1 Å². The number of aromatic nitrogens is 3. The molecule has 1 aromatic carbocycles. The van der Waals surface area contributed by atoms with Gasteiger partial charge in [-0.15, -0.1) is 0 Å². The lowest BCUT2D eigenvalue weighted by molar-refractivity contribution is -0.0583. The average molecular weight is 460 g/mol. The molecule has 0 bridgehead atoms.